The van der Waals surface area contributed by atoms with Crippen molar-refractivity contribution in [1.82, 2.24) is 0 Å². The second-order valence-electron chi connectivity index (χ2n) is 7.19. The quantitative estimate of drug-likeness (QED) is 0.366. The van der Waals surface area contributed by atoms with Crippen LogP contribution in [0.4, 0.5) is 0 Å². The number of carbonyl (C=O) groups is 2. The molecule has 1 aliphatic carbocycles. The summed E-state index contributed by atoms with van der Waals surface area (Å²) in [6.07, 6.45) is 0. The molecule has 7 nitrogen and oxygen atoms in total. The first-order chi connectivity index (χ1) is 15.3. The molecule has 0 fully saturated rings. The van der Waals surface area contributed by atoms with Crippen molar-refractivity contribution in [3.8, 4) is 28.2 Å². The van der Waals surface area contributed by atoms with Crippen molar-refractivity contribution in [1.29, 1.82) is 0 Å². The topological polar surface area (TPSA) is 125 Å². The highest BCUT2D eigenvalue weighted by molar-refractivity contribution is 6.14. The van der Waals surface area contributed by atoms with Gasteiger partial charge in [-0.25, -0.2) is 9.59 Å². The van der Waals surface area contributed by atoms with Gasteiger partial charge in [-0.3, -0.25) is 4.79 Å². The molecule has 5 rings (SSSR count). The highest BCUT2D eigenvalue weighted by Crippen LogP contribution is 2.43. The van der Waals surface area contributed by atoms with E-state index in [2.05, 4.69) is 12.1 Å². The van der Waals surface area contributed by atoms with Crippen molar-refractivity contribution in [3.63, 3.8) is 0 Å². The molecule has 3 aromatic rings. The molecule has 1 heterocycles. The van der Waals surface area contributed by atoms with E-state index in [1.807, 2.05) is 0 Å². The highest BCUT2D eigenvalue weighted by Gasteiger charge is 2.23. The van der Waals surface area contributed by atoms with Gasteiger partial charge in [0.2, 0.25) is 0 Å². The lowest BCUT2D eigenvalue weighted by atomic mass is 9.89. The molecule has 0 radical (unpaired) electrons. The molecule has 32 heavy (non-hydrogen) atoms. The lowest BCUT2D eigenvalue weighted by Crippen LogP contribution is -2.06. The van der Waals surface area contributed by atoms with Crippen LogP contribution in [0.3, 0.4) is 0 Å². The van der Waals surface area contributed by atoms with Gasteiger partial charge < -0.3 is 19.7 Å². The van der Waals surface area contributed by atoms with Gasteiger partial charge in [0.25, 0.3) is 0 Å². The Kier molecular flexibility index (Phi) is 4.10. The fourth-order valence-electron chi connectivity index (χ4n) is 3.87. The van der Waals surface area contributed by atoms with Gasteiger partial charge in [-0.2, -0.15) is 0 Å². The second kappa shape index (κ2) is 6.86. The first-order valence-electron chi connectivity index (χ1n) is 9.41. The number of carboxylic acid groups (broad SMARTS) is 2. The number of aromatic hydroxyl groups is 1. The van der Waals surface area contributed by atoms with Crippen LogP contribution in [-0.2, 0) is 0 Å². The van der Waals surface area contributed by atoms with Crippen LogP contribution in [0.2, 0.25) is 0 Å². The molecular formula is C25H12O7. The fourth-order valence-corrected chi connectivity index (χ4v) is 3.87. The summed E-state index contributed by atoms with van der Waals surface area (Å²) in [6, 6.07) is 18.4. The van der Waals surface area contributed by atoms with Crippen molar-refractivity contribution in [2.45, 2.75) is 0 Å². The Morgan fingerprint density at radius 1 is 0.844 bits per heavy atom. The molecule has 0 bridgehead atoms. The SMILES string of the molecule is O=C(O)c1ccc(-c2c3ccc(=O)cc-3oc3c2ccc2cc(O)c#cc23)c(C(=O)O)c1. The van der Waals surface area contributed by atoms with E-state index in [9.17, 15) is 29.7 Å². The van der Waals surface area contributed by atoms with Crippen LogP contribution in [0, 0.1) is 12.1 Å². The molecule has 0 atom stereocenters. The predicted molar refractivity (Wildman–Crippen MR) is 115 cm³/mol. The van der Waals surface area contributed by atoms with Gasteiger partial charge in [0.1, 0.15) is 5.76 Å². The van der Waals surface area contributed by atoms with Crippen LogP contribution in [0.15, 0.2) is 63.8 Å². The Hall–Kier alpha value is -4.83. The van der Waals surface area contributed by atoms with Crippen LogP contribution in [0.1, 0.15) is 20.7 Å². The van der Waals surface area contributed by atoms with Crippen LogP contribution in [-0.4, -0.2) is 27.3 Å². The number of rotatable bonds is 3. The Balaban J connectivity index is 1.99. The molecule has 0 spiro atoms. The van der Waals surface area contributed by atoms with Crippen molar-refractivity contribution < 1.29 is 29.3 Å². The standard InChI is InChI=1S/C25H12O7/c26-14-3-7-16-12(9-14)1-6-19-22(18-8-4-15(27)11-21(18)32-23(16)19)17-5-2-13(24(28)29)10-20(17)25(30)31/h1-2,4-6,8-11,26H,(H,28,29)(H,30,31). The summed E-state index contributed by atoms with van der Waals surface area (Å²) >= 11 is 0. The van der Waals surface area contributed by atoms with Gasteiger partial charge in [-0.15, -0.1) is 0 Å². The number of hydrogen-bond acceptors (Lipinski definition) is 5. The highest BCUT2D eigenvalue weighted by atomic mass is 16.4. The van der Waals surface area contributed by atoms with E-state index in [1.165, 1.54) is 30.3 Å². The minimum Gasteiger partial charge on any atom is -0.501 e. The Morgan fingerprint density at radius 2 is 1.62 bits per heavy atom. The summed E-state index contributed by atoms with van der Waals surface area (Å²) in [5, 5.41) is 30.5. The van der Waals surface area contributed by atoms with E-state index in [4.69, 9.17) is 4.42 Å². The molecule has 7 heteroatoms. The third-order valence-corrected chi connectivity index (χ3v) is 5.27. The zero-order valence-electron chi connectivity index (χ0n) is 16.2. The summed E-state index contributed by atoms with van der Waals surface area (Å²) in [5.41, 5.74) is 0.903. The summed E-state index contributed by atoms with van der Waals surface area (Å²) in [5.74, 6) is -2.41. The molecule has 0 saturated heterocycles. The molecule has 154 valence electrons. The van der Waals surface area contributed by atoms with Crippen molar-refractivity contribution >= 4 is 33.7 Å². The van der Waals surface area contributed by atoms with E-state index in [-0.39, 0.29) is 33.6 Å². The summed E-state index contributed by atoms with van der Waals surface area (Å²) < 4.78 is 6.03. The average Bonchev–Trinajstić information content (AvgIpc) is 2.76. The van der Waals surface area contributed by atoms with Gasteiger partial charge in [0, 0.05) is 22.6 Å². The fraction of sp³-hybridized carbons (Fsp3) is 0. The van der Waals surface area contributed by atoms with E-state index >= 15 is 0 Å². The molecular weight excluding hydrogens is 412 g/mol. The third kappa shape index (κ3) is 2.90. The minimum absolute atomic E-state index is 0.0999. The molecule has 1 aliphatic heterocycles. The first kappa shape index (κ1) is 19.2. The normalized spacial score (nSPS) is 11.0. The number of aromatic carboxylic acids is 2. The van der Waals surface area contributed by atoms with Crippen LogP contribution >= 0.6 is 0 Å². The third-order valence-electron chi connectivity index (χ3n) is 5.27. The maximum Gasteiger partial charge on any atom is 0.336 e. The zero-order valence-corrected chi connectivity index (χ0v) is 16.2. The Morgan fingerprint density at radius 3 is 2.38 bits per heavy atom. The molecule has 0 amide bonds. The lowest BCUT2D eigenvalue weighted by Gasteiger charge is -2.17. The maximum atomic E-state index is 12.0. The smallest absolute Gasteiger partial charge is 0.336 e. The first-order valence-corrected chi connectivity index (χ1v) is 9.41. The second-order valence-corrected chi connectivity index (χ2v) is 7.19. The predicted octanol–water partition coefficient (Wildman–Crippen LogP) is 4.42. The number of hydrogen-bond donors (Lipinski definition) is 3. The summed E-state index contributed by atoms with van der Waals surface area (Å²) in [6.45, 7) is 0. The number of carboxylic acids is 2. The summed E-state index contributed by atoms with van der Waals surface area (Å²) in [4.78, 5) is 35.4. The molecule has 2 aliphatic rings. The molecule has 3 aromatic carbocycles. The van der Waals surface area contributed by atoms with Gasteiger partial charge in [-0.1, -0.05) is 18.2 Å². The number of benzene rings is 3. The average molecular weight is 424 g/mol. The van der Waals surface area contributed by atoms with Crippen LogP contribution in [0.5, 0.6) is 5.75 Å². The monoisotopic (exact) mass is 424 g/mol. The molecule has 3 N–H and O–H groups in total. The Bertz CT molecular complexity index is 1610. The maximum absolute atomic E-state index is 12.0. The van der Waals surface area contributed by atoms with Crippen molar-refractivity contribution in [2.75, 3.05) is 0 Å². The lowest BCUT2D eigenvalue weighted by molar-refractivity contribution is 0.0696. The Labute approximate surface area is 179 Å². The van der Waals surface area contributed by atoms with E-state index in [0.717, 1.165) is 6.07 Å². The molecule has 0 aromatic heterocycles. The number of fused-ring (bicyclic) bond motifs is 4. The zero-order chi connectivity index (χ0) is 22.6. The van der Waals surface area contributed by atoms with Gasteiger partial charge in [-0.05, 0) is 53.4 Å². The van der Waals surface area contributed by atoms with E-state index in [0.29, 0.717) is 32.9 Å². The van der Waals surface area contributed by atoms with Crippen LogP contribution < -0.4 is 5.43 Å². The van der Waals surface area contributed by atoms with E-state index in [1.54, 1.807) is 18.2 Å². The van der Waals surface area contributed by atoms with Crippen LogP contribution in [0.25, 0.3) is 44.2 Å². The van der Waals surface area contributed by atoms with Gasteiger partial charge in [0.15, 0.2) is 16.8 Å². The molecule has 0 saturated carbocycles. The van der Waals surface area contributed by atoms with Crippen molar-refractivity contribution in [2.24, 2.45) is 0 Å². The van der Waals surface area contributed by atoms with Gasteiger partial charge in [0.05, 0.1) is 16.5 Å². The summed E-state index contributed by atoms with van der Waals surface area (Å²) in [7, 11) is 0. The minimum atomic E-state index is -1.30. The van der Waals surface area contributed by atoms with Crippen molar-refractivity contribution in [3.05, 3.63) is 88.1 Å². The van der Waals surface area contributed by atoms with E-state index < -0.39 is 11.9 Å². The molecule has 0 unspecified atom stereocenters. The largest absolute Gasteiger partial charge is 0.501 e. The van der Waals surface area contributed by atoms with Gasteiger partial charge >= 0.3 is 11.9 Å².